The van der Waals surface area contributed by atoms with Gasteiger partial charge in [-0.1, -0.05) is 17.7 Å². The molecular formula is C17H16O2S. The molecule has 1 heterocycles. The van der Waals surface area contributed by atoms with Crippen molar-refractivity contribution in [1.82, 2.24) is 0 Å². The van der Waals surface area contributed by atoms with Gasteiger partial charge in [0.15, 0.2) is 11.5 Å². The predicted molar refractivity (Wildman–Crippen MR) is 85.1 cm³/mol. The van der Waals surface area contributed by atoms with E-state index in [1.54, 1.807) is 25.6 Å². The largest absolute Gasteiger partial charge is 0.493 e. The molecule has 102 valence electrons. The summed E-state index contributed by atoms with van der Waals surface area (Å²) in [5.41, 5.74) is 2.44. The third-order valence-corrected chi connectivity index (χ3v) is 4.51. The number of hydrogen-bond acceptors (Lipinski definition) is 3. The molecule has 20 heavy (non-hydrogen) atoms. The maximum absolute atomic E-state index is 5.37. The van der Waals surface area contributed by atoms with Gasteiger partial charge in [0.05, 0.1) is 14.2 Å². The quantitative estimate of drug-likeness (QED) is 0.681. The fourth-order valence-corrected chi connectivity index (χ4v) is 3.33. The van der Waals surface area contributed by atoms with Crippen LogP contribution in [0.2, 0.25) is 0 Å². The Morgan fingerprint density at radius 2 is 1.65 bits per heavy atom. The van der Waals surface area contributed by atoms with Crippen LogP contribution in [0.5, 0.6) is 11.5 Å². The average molecular weight is 284 g/mol. The van der Waals surface area contributed by atoms with Gasteiger partial charge in [-0.3, -0.25) is 0 Å². The van der Waals surface area contributed by atoms with Gasteiger partial charge in [-0.15, -0.1) is 11.3 Å². The molecule has 0 saturated carbocycles. The van der Waals surface area contributed by atoms with Crippen molar-refractivity contribution in [3.8, 4) is 21.9 Å². The lowest BCUT2D eigenvalue weighted by atomic mass is 10.1. The van der Waals surface area contributed by atoms with Crippen molar-refractivity contribution in [2.24, 2.45) is 0 Å². The van der Waals surface area contributed by atoms with E-state index in [2.05, 4.69) is 37.3 Å². The topological polar surface area (TPSA) is 18.5 Å². The van der Waals surface area contributed by atoms with Crippen LogP contribution in [-0.4, -0.2) is 14.2 Å². The van der Waals surface area contributed by atoms with Crippen LogP contribution in [0.3, 0.4) is 0 Å². The van der Waals surface area contributed by atoms with Crippen molar-refractivity contribution < 1.29 is 9.47 Å². The Morgan fingerprint density at radius 1 is 0.850 bits per heavy atom. The summed E-state index contributed by atoms with van der Waals surface area (Å²) < 4.78 is 12.0. The van der Waals surface area contributed by atoms with Crippen LogP contribution in [-0.2, 0) is 0 Å². The molecule has 0 aliphatic carbocycles. The van der Waals surface area contributed by atoms with Gasteiger partial charge >= 0.3 is 0 Å². The first kappa shape index (κ1) is 13.0. The highest BCUT2D eigenvalue weighted by molar-refractivity contribution is 7.22. The van der Waals surface area contributed by atoms with E-state index in [4.69, 9.17) is 9.47 Å². The van der Waals surface area contributed by atoms with Crippen LogP contribution < -0.4 is 9.47 Å². The zero-order valence-electron chi connectivity index (χ0n) is 11.8. The van der Waals surface area contributed by atoms with Gasteiger partial charge in [-0.25, -0.2) is 0 Å². The van der Waals surface area contributed by atoms with Crippen molar-refractivity contribution >= 4 is 21.4 Å². The normalized spacial score (nSPS) is 10.8. The SMILES string of the molecule is COc1ccc(-c2cc3cc(C)ccc3s2)cc1OC. The molecule has 0 aliphatic heterocycles. The van der Waals surface area contributed by atoms with Crippen molar-refractivity contribution in [3.63, 3.8) is 0 Å². The van der Waals surface area contributed by atoms with Gasteiger partial charge < -0.3 is 9.47 Å². The molecule has 1 aromatic heterocycles. The van der Waals surface area contributed by atoms with E-state index in [1.165, 1.54) is 20.5 Å². The monoisotopic (exact) mass is 284 g/mol. The van der Waals surface area contributed by atoms with Crippen LogP contribution >= 0.6 is 11.3 Å². The molecule has 0 amide bonds. The minimum atomic E-state index is 0.758. The smallest absolute Gasteiger partial charge is 0.161 e. The van der Waals surface area contributed by atoms with Crippen LogP contribution in [0.1, 0.15) is 5.56 Å². The molecule has 2 nitrogen and oxygen atoms in total. The molecular weight excluding hydrogens is 268 g/mol. The third kappa shape index (κ3) is 2.25. The average Bonchev–Trinajstić information content (AvgIpc) is 2.89. The Kier molecular flexibility index (Phi) is 3.36. The molecule has 3 aromatic rings. The molecule has 3 rings (SSSR count). The van der Waals surface area contributed by atoms with Gasteiger partial charge in [0.25, 0.3) is 0 Å². The van der Waals surface area contributed by atoms with E-state index in [9.17, 15) is 0 Å². The molecule has 0 aliphatic rings. The van der Waals surface area contributed by atoms with Crippen LogP contribution in [0.25, 0.3) is 20.5 Å². The van der Waals surface area contributed by atoms with Crippen molar-refractivity contribution in [2.45, 2.75) is 6.92 Å². The van der Waals surface area contributed by atoms with Crippen molar-refractivity contribution in [1.29, 1.82) is 0 Å². The first-order valence-electron chi connectivity index (χ1n) is 6.44. The lowest BCUT2D eigenvalue weighted by Gasteiger charge is -2.08. The van der Waals surface area contributed by atoms with Crippen LogP contribution in [0, 0.1) is 6.92 Å². The van der Waals surface area contributed by atoms with E-state index < -0.39 is 0 Å². The maximum Gasteiger partial charge on any atom is 0.161 e. The van der Waals surface area contributed by atoms with E-state index in [0.29, 0.717) is 0 Å². The fraction of sp³-hybridized carbons (Fsp3) is 0.176. The lowest BCUT2D eigenvalue weighted by molar-refractivity contribution is 0.355. The number of benzene rings is 2. The number of ether oxygens (including phenoxy) is 2. The van der Waals surface area contributed by atoms with Gasteiger partial charge in [0, 0.05) is 9.58 Å². The third-order valence-electron chi connectivity index (χ3n) is 3.34. The summed E-state index contributed by atoms with van der Waals surface area (Å²) in [4.78, 5) is 1.24. The van der Waals surface area contributed by atoms with Gasteiger partial charge in [-0.2, -0.15) is 0 Å². The summed E-state index contributed by atoms with van der Waals surface area (Å²) in [5, 5.41) is 1.29. The number of methoxy groups -OCH3 is 2. The molecule has 0 fully saturated rings. The summed E-state index contributed by atoms with van der Waals surface area (Å²) in [5.74, 6) is 1.52. The summed E-state index contributed by atoms with van der Waals surface area (Å²) in [6, 6.07) is 14.8. The minimum absolute atomic E-state index is 0.758. The molecule has 3 heteroatoms. The summed E-state index contributed by atoms with van der Waals surface area (Å²) in [6.07, 6.45) is 0. The second kappa shape index (κ2) is 5.17. The molecule has 0 N–H and O–H groups in total. The Hall–Kier alpha value is -2.00. The standard InChI is InChI=1S/C17H16O2S/c1-11-4-7-16-13(8-11)10-17(20-16)12-5-6-14(18-2)15(9-12)19-3/h4-10H,1-3H3. The molecule has 2 aromatic carbocycles. The first-order valence-corrected chi connectivity index (χ1v) is 7.25. The number of thiophene rings is 1. The van der Waals surface area contributed by atoms with Crippen molar-refractivity contribution in [2.75, 3.05) is 14.2 Å². The molecule has 0 spiro atoms. The number of fused-ring (bicyclic) bond motifs is 1. The second-order valence-corrected chi connectivity index (χ2v) is 5.81. The van der Waals surface area contributed by atoms with Gasteiger partial charge in [0.1, 0.15) is 0 Å². The molecule has 0 bridgehead atoms. The Morgan fingerprint density at radius 3 is 2.40 bits per heavy atom. The molecule has 0 radical (unpaired) electrons. The van der Waals surface area contributed by atoms with E-state index in [-0.39, 0.29) is 0 Å². The zero-order valence-corrected chi connectivity index (χ0v) is 12.6. The zero-order chi connectivity index (χ0) is 14.1. The maximum atomic E-state index is 5.37. The Labute approximate surface area is 122 Å². The highest BCUT2D eigenvalue weighted by Crippen LogP contribution is 2.38. The number of rotatable bonds is 3. The second-order valence-electron chi connectivity index (χ2n) is 4.72. The van der Waals surface area contributed by atoms with Crippen molar-refractivity contribution in [3.05, 3.63) is 48.0 Å². The number of aryl methyl sites for hydroxylation is 1. The fourth-order valence-electron chi connectivity index (χ4n) is 2.29. The van der Waals surface area contributed by atoms with Crippen LogP contribution in [0.4, 0.5) is 0 Å². The first-order chi connectivity index (χ1) is 9.71. The van der Waals surface area contributed by atoms with E-state index >= 15 is 0 Å². The molecule has 0 atom stereocenters. The van der Waals surface area contributed by atoms with Gasteiger partial charge in [-0.05, 0) is 48.2 Å². The highest BCUT2D eigenvalue weighted by atomic mass is 32.1. The molecule has 0 unspecified atom stereocenters. The summed E-state index contributed by atoms with van der Waals surface area (Å²) in [7, 11) is 3.32. The van der Waals surface area contributed by atoms with E-state index in [1.807, 2.05) is 12.1 Å². The number of hydrogen-bond donors (Lipinski definition) is 0. The van der Waals surface area contributed by atoms with Gasteiger partial charge in [0.2, 0.25) is 0 Å². The highest BCUT2D eigenvalue weighted by Gasteiger charge is 2.09. The Balaban J connectivity index is 2.10. The summed E-state index contributed by atoms with van der Waals surface area (Å²) >= 11 is 1.80. The summed E-state index contributed by atoms with van der Waals surface area (Å²) in [6.45, 7) is 2.12. The predicted octanol–water partition coefficient (Wildman–Crippen LogP) is 4.89. The molecule has 0 saturated heterocycles. The lowest BCUT2D eigenvalue weighted by Crippen LogP contribution is -1.90. The van der Waals surface area contributed by atoms with Crippen LogP contribution in [0.15, 0.2) is 42.5 Å². The Bertz CT molecular complexity index is 759. The minimum Gasteiger partial charge on any atom is -0.493 e. The van der Waals surface area contributed by atoms with E-state index in [0.717, 1.165) is 17.1 Å².